The molecule has 2 aromatic rings. The number of nitrogens with zero attached hydrogens (tertiary/aromatic N) is 1. The van der Waals surface area contributed by atoms with Crippen molar-refractivity contribution in [3.8, 4) is 5.75 Å². The van der Waals surface area contributed by atoms with E-state index in [1.165, 1.54) is 43.2 Å². The van der Waals surface area contributed by atoms with Crippen LogP contribution in [0.2, 0.25) is 0 Å². The summed E-state index contributed by atoms with van der Waals surface area (Å²) in [4.78, 5) is 2.58. The van der Waals surface area contributed by atoms with E-state index in [1.807, 2.05) is 0 Å². The zero-order valence-electron chi connectivity index (χ0n) is 13.2. The summed E-state index contributed by atoms with van der Waals surface area (Å²) in [7, 11) is 0. The molecule has 1 aliphatic rings. The zero-order valence-corrected chi connectivity index (χ0v) is 14.8. The minimum Gasteiger partial charge on any atom is -0.494 e. The van der Waals surface area contributed by atoms with Gasteiger partial charge in [-0.15, -0.1) is 0 Å². The Morgan fingerprint density at radius 3 is 2.64 bits per heavy atom. The molecule has 3 rings (SSSR count). The molecule has 0 amide bonds. The molecule has 1 atom stereocenters. The van der Waals surface area contributed by atoms with Crippen molar-refractivity contribution in [1.82, 2.24) is 4.90 Å². The van der Waals surface area contributed by atoms with Gasteiger partial charge in [0.05, 0.1) is 6.61 Å². The first-order chi connectivity index (χ1) is 10.7. The number of benzene rings is 2. The average molecular weight is 362 g/mol. The molecule has 0 aliphatic carbocycles. The molecule has 1 fully saturated rings. The molecule has 2 nitrogen and oxygen atoms in total. The van der Waals surface area contributed by atoms with E-state index in [4.69, 9.17) is 4.74 Å². The predicted molar refractivity (Wildman–Crippen MR) is 96.6 cm³/mol. The normalized spacial score (nSPS) is 17.0. The molecule has 0 unspecified atom stereocenters. The number of rotatable bonds is 6. The second-order valence-electron chi connectivity index (χ2n) is 6.40. The fourth-order valence-electron chi connectivity index (χ4n) is 3.16. The summed E-state index contributed by atoms with van der Waals surface area (Å²) < 4.78 is 7.06. The Labute approximate surface area is 141 Å². The molecule has 118 valence electrons. The van der Waals surface area contributed by atoms with Crippen molar-refractivity contribution >= 4 is 26.7 Å². The van der Waals surface area contributed by atoms with Crippen LogP contribution < -0.4 is 4.74 Å². The molecule has 0 saturated carbocycles. The van der Waals surface area contributed by atoms with Gasteiger partial charge in [0.1, 0.15) is 5.75 Å². The van der Waals surface area contributed by atoms with Gasteiger partial charge in [0.2, 0.25) is 0 Å². The molecule has 0 bridgehead atoms. The van der Waals surface area contributed by atoms with Crippen LogP contribution in [0.25, 0.3) is 10.8 Å². The summed E-state index contributed by atoms with van der Waals surface area (Å²) in [6.45, 7) is 6.92. The Hall–Kier alpha value is -1.06. The van der Waals surface area contributed by atoms with Crippen LogP contribution in [-0.4, -0.2) is 31.1 Å². The Bertz CT molecular complexity index is 622. The van der Waals surface area contributed by atoms with Gasteiger partial charge >= 0.3 is 0 Å². The van der Waals surface area contributed by atoms with E-state index >= 15 is 0 Å². The molecule has 1 heterocycles. The lowest BCUT2D eigenvalue weighted by Crippen LogP contribution is -2.26. The second kappa shape index (κ2) is 7.47. The van der Waals surface area contributed by atoms with Crippen LogP contribution in [0.5, 0.6) is 5.75 Å². The van der Waals surface area contributed by atoms with E-state index in [2.05, 4.69) is 64.2 Å². The largest absolute Gasteiger partial charge is 0.494 e. The summed E-state index contributed by atoms with van der Waals surface area (Å²) in [5, 5.41) is 2.47. The summed E-state index contributed by atoms with van der Waals surface area (Å²) in [5.74, 6) is 1.68. The van der Waals surface area contributed by atoms with Gasteiger partial charge in [0.25, 0.3) is 0 Å². The Kier molecular flexibility index (Phi) is 5.37. The maximum atomic E-state index is 5.95. The predicted octanol–water partition coefficient (Wildman–Crippen LogP) is 5.10. The summed E-state index contributed by atoms with van der Waals surface area (Å²) >= 11 is 3.51. The van der Waals surface area contributed by atoms with Gasteiger partial charge in [-0.2, -0.15) is 0 Å². The number of hydrogen-bond donors (Lipinski definition) is 0. The molecule has 1 aliphatic heterocycles. The van der Waals surface area contributed by atoms with Crippen molar-refractivity contribution in [2.75, 3.05) is 26.2 Å². The fourth-order valence-corrected chi connectivity index (χ4v) is 3.54. The van der Waals surface area contributed by atoms with E-state index in [1.54, 1.807) is 0 Å². The first kappa shape index (κ1) is 15.8. The Balaban J connectivity index is 1.49. The quantitative estimate of drug-likeness (QED) is 0.709. The zero-order chi connectivity index (χ0) is 15.4. The van der Waals surface area contributed by atoms with Crippen molar-refractivity contribution in [3.63, 3.8) is 0 Å². The monoisotopic (exact) mass is 361 g/mol. The van der Waals surface area contributed by atoms with E-state index in [9.17, 15) is 0 Å². The van der Waals surface area contributed by atoms with Gasteiger partial charge in [0, 0.05) is 11.0 Å². The Morgan fingerprint density at radius 1 is 1.09 bits per heavy atom. The highest BCUT2D eigenvalue weighted by molar-refractivity contribution is 9.10. The van der Waals surface area contributed by atoms with Gasteiger partial charge in [-0.25, -0.2) is 0 Å². The van der Waals surface area contributed by atoms with E-state index in [0.717, 1.165) is 23.2 Å². The smallest absolute Gasteiger partial charge is 0.119 e. The second-order valence-corrected chi connectivity index (χ2v) is 7.32. The van der Waals surface area contributed by atoms with Crippen LogP contribution in [0.3, 0.4) is 0 Å². The standard InChI is InChI=1S/C19H24BrNO/c1-15(14-21-9-2-3-10-21)8-11-22-19-7-5-16-12-18(20)6-4-17(16)13-19/h4-7,12-13,15H,2-3,8-11,14H2,1H3/t15-/m0/s1. The molecule has 0 aromatic heterocycles. The van der Waals surface area contributed by atoms with Crippen LogP contribution >= 0.6 is 15.9 Å². The molecule has 0 spiro atoms. The topological polar surface area (TPSA) is 12.5 Å². The first-order valence-electron chi connectivity index (χ1n) is 8.25. The third kappa shape index (κ3) is 4.23. The minimum absolute atomic E-state index is 0.703. The number of halogens is 1. The molecular formula is C19H24BrNO. The highest BCUT2D eigenvalue weighted by atomic mass is 79.9. The van der Waals surface area contributed by atoms with E-state index in [0.29, 0.717) is 5.92 Å². The van der Waals surface area contributed by atoms with Crippen molar-refractivity contribution in [1.29, 1.82) is 0 Å². The van der Waals surface area contributed by atoms with E-state index in [-0.39, 0.29) is 0 Å². The summed E-state index contributed by atoms with van der Waals surface area (Å²) in [6, 6.07) is 12.7. The van der Waals surface area contributed by atoms with Gasteiger partial charge < -0.3 is 9.64 Å². The number of hydrogen-bond acceptors (Lipinski definition) is 2. The summed E-state index contributed by atoms with van der Waals surface area (Å²) in [6.07, 6.45) is 3.86. The molecule has 2 aromatic carbocycles. The highest BCUT2D eigenvalue weighted by Gasteiger charge is 2.14. The lowest BCUT2D eigenvalue weighted by Gasteiger charge is -2.20. The molecule has 22 heavy (non-hydrogen) atoms. The van der Waals surface area contributed by atoms with Gasteiger partial charge in [-0.3, -0.25) is 0 Å². The number of ether oxygens (including phenoxy) is 1. The van der Waals surface area contributed by atoms with Crippen LogP contribution in [0.4, 0.5) is 0 Å². The fraction of sp³-hybridized carbons (Fsp3) is 0.474. The van der Waals surface area contributed by atoms with Crippen molar-refractivity contribution in [2.45, 2.75) is 26.2 Å². The Morgan fingerprint density at radius 2 is 1.82 bits per heavy atom. The van der Waals surface area contributed by atoms with Crippen LogP contribution in [0.1, 0.15) is 26.2 Å². The van der Waals surface area contributed by atoms with Crippen molar-refractivity contribution < 1.29 is 4.74 Å². The SMILES string of the molecule is C[C@@H](CCOc1ccc2cc(Br)ccc2c1)CN1CCCC1. The summed E-state index contributed by atoms with van der Waals surface area (Å²) in [5.41, 5.74) is 0. The molecule has 0 radical (unpaired) electrons. The van der Waals surface area contributed by atoms with Gasteiger partial charge in [0.15, 0.2) is 0 Å². The highest BCUT2D eigenvalue weighted by Crippen LogP contribution is 2.24. The number of likely N-dealkylation sites (tertiary alicyclic amines) is 1. The molecule has 0 N–H and O–H groups in total. The minimum atomic E-state index is 0.703. The van der Waals surface area contributed by atoms with Crippen molar-refractivity contribution in [2.24, 2.45) is 5.92 Å². The van der Waals surface area contributed by atoms with Gasteiger partial charge in [-0.1, -0.05) is 35.0 Å². The van der Waals surface area contributed by atoms with Crippen LogP contribution in [0, 0.1) is 5.92 Å². The molecule has 1 saturated heterocycles. The van der Waals surface area contributed by atoms with Crippen molar-refractivity contribution in [3.05, 3.63) is 40.9 Å². The molecule has 3 heteroatoms. The van der Waals surface area contributed by atoms with Gasteiger partial charge in [-0.05, 0) is 73.3 Å². The lowest BCUT2D eigenvalue weighted by atomic mass is 10.1. The van der Waals surface area contributed by atoms with Crippen LogP contribution in [-0.2, 0) is 0 Å². The number of fused-ring (bicyclic) bond motifs is 1. The maximum absolute atomic E-state index is 5.95. The lowest BCUT2D eigenvalue weighted by molar-refractivity contribution is 0.236. The third-order valence-corrected chi connectivity index (χ3v) is 4.91. The maximum Gasteiger partial charge on any atom is 0.119 e. The average Bonchev–Trinajstić information content (AvgIpc) is 3.00. The van der Waals surface area contributed by atoms with E-state index < -0.39 is 0 Å². The van der Waals surface area contributed by atoms with Crippen LogP contribution in [0.15, 0.2) is 40.9 Å². The molecular weight excluding hydrogens is 338 g/mol. The third-order valence-electron chi connectivity index (χ3n) is 4.42. The first-order valence-corrected chi connectivity index (χ1v) is 9.04.